The van der Waals surface area contributed by atoms with Crippen molar-refractivity contribution in [2.45, 2.75) is 12.8 Å². The molecule has 0 heterocycles. The molecule has 0 atom stereocenters. The Labute approximate surface area is 120 Å². The minimum Gasteiger partial charge on any atom is -0.396 e. The van der Waals surface area contributed by atoms with Gasteiger partial charge in [-0.3, -0.25) is 4.79 Å². The number of benzene rings is 1. The van der Waals surface area contributed by atoms with Gasteiger partial charge in [-0.1, -0.05) is 28.1 Å². The third-order valence-electron chi connectivity index (χ3n) is 2.27. The molecule has 18 heavy (non-hydrogen) atoms. The van der Waals surface area contributed by atoms with Crippen molar-refractivity contribution >= 4 is 33.6 Å². The van der Waals surface area contributed by atoms with E-state index in [1.165, 1.54) is 0 Å². The third kappa shape index (κ3) is 7.03. The average Bonchev–Trinajstić information content (AvgIpc) is 2.33. The molecule has 5 heteroatoms. The molecule has 3 nitrogen and oxygen atoms in total. The van der Waals surface area contributed by atoms with Crippen LogP contribution in [-0.2, 0) is 11.2 Å². The zero-order valence-electron chi connectivity index (χ0n) is 10.2. The highest BCUT2D eigenvalue weighted by Crippen LogP contribution is 2.11. The molecule has 1 rings (SSSR count). The van der Waals surface area contributed by atoms with Gasteiger partial charge in [-0.25, -0.2) is 0 Å². The molecule has 1 amide bonds. The predicted molar refractivity (Wildman–Crippen MR) is 79.9 cm³/mol. The summed E-state index contributed by atoms with van der Waals surface area (Å²) in [6.07, 6.45) is 1.23. The number of aliphatic hydroxyl groups is 1. The second-order valence-electron chi connectivity index (χ2n) is 3.85. The van der Waals surface area contributed by atoms with Crippen molar-refractivity contribution in [1.29, 1.82) is 0 Å². The molecule has 0 fully saturated rings. The Morgan fingerprint density at radius 1 is 1.39 bits per heavy atom. The second-order valence-corrected chi connectivity index (χ2v) is 5.99. The summed E-state index contributed by atoms with van der Waals surface area (Å²) in [5, 5.41) is 11.5. The molecule has 0 radical (unpaired) electrons. The number of halogens is 1. The quantitative estimate of drug-likeness (QED) is 0.718. The first-order chi connectivity index (χ1) is 8.72. The van der Waals surface area contributed by atoms with Crippen molar-refractivity contribution in [3.8, 4) is 0 Å². The molecule has 0 unspecified atom stereocenters. The van der Waals surface area contributed by atoms with Crippen molar-refractivity contribution in [2.24, 2.45) is 0 Å². The van der Waals surface area contributed by atoms with E-state index in [4.69, 9.17) is 5.11 Å². The van der Waals surface area contributed by atoms with Crippen molar-refractivity contribution in [2.75, 3.05) is 24.7 Å². The van der Waals surface area contributed by atoms with Gasteiger partial charge in [-0.15, -0.1) is 0 Å². The fourth-order valence-electron chi connectivity index (χ4n) is 1.43. The van der Waals surface area contributed by atoms with Gasteiger partial charge in [0.15, 0.2) is 0 Å². The number of carbonyl (C=O) groups excluding carboxylic acids is 1. The lowest BCUT2D eigenvalue weighted by Gasteiger charge is -2.05. The monoisotopic (exact) mass is 331 g/mol. The summed E-state index contributed by atoms with van der Waals surface area (Å²) in [5.41, 5.74) is 1.01. The number of amides is 1. The van der Waals surface area contributed by atoms with Crippen molar-refractivity contribution < 1.29 is 9.90 Å². The number of rotatable bonds is 8. The third-order valence-corrected chi connectivity index (χ3v) is 3.83. The van der Waals surface area contributed by atoms with Gasteiger partial charge < -0.3 is 10.4 Å². The highest BCUT2D eigenvalue weighted by atomic mass is 79.9. The lowest BCUT2D eigenvalue weighted by atomic mass is 10.1. The first kappa shape index (κ1) is 15.5. The molecule has 1 aromatic carbocycles. The van der Waals surface area contributed by atoms with Gasteiger partial charge >= 0.3 is 0 Å². The van der Waals surface area contributed by atoms with Gasteiger partial charge in [-0.2, -0.15) is 11.8 Å². The van der Waals surface area contributed by atoms with Crippen LogP contribution in [0.25, 0.3) is 0 Å². The van der Waals surface area contributed by atoms with Crippen molar-refractivity contribution in [1.82, 2.24) is 5.32 Å². The van der Waals surface area contributed by atoms with E-state index in [0.717, 1.165) is 28.0 Å². The number of thioether (sulfide) groups is 1. The highest BCUT2D eigenvalue weighted by Gasteiger charge is 2.02. The van der Waals surface area contributed by atoms with E-state index in [-0.39, 0.29) is 12.5 Å². The molecule has 100 valence electrons. The van der Waals surface area contributed by atoms with E-state index in [1.807, 2.05) is 24.3 Å². The number of carbonyl (C=O) groups is 1. The SMILES string of the molecule is O=C(Cc1cccc(Br)c1)NCCSCCCO. The Morgan fingerprint density at radius 2 is 2.22 bits per heavy atom. The first-order valence-corrected chi connectivity index (χ1v) is 7.87. The fourth-order valence-corrected chi connectivity index (χ4v) is 2.66. The van der Waals surface area contributed by atoms with Crippen LogP contribution in [0.3, 0.4) is 0 Å². The Balaban J connectivity index is 2.14. The summed E-state index contributed by atoms with van der Waals surface area (Å²) >= 11 is 5.13. The maximum atomic E-state index is 11.6. The largest absolute Gasteiger partial charge is 0.396 e. The van der Waals surface area contributed by atoms with Gasteiger partial charge in [0.2, 0.25) is 5.91 Å². The van der Waals surface area contributed by atoms with E-state index < -0.39 is 0 Å². The zero-order valence-corrected chi connectivity index (χ0v) is 12.6. The normalized spacial score (nSPS) is 10.3. The lowest BCUT2D eigenvalue weighted by Crippen LogP contribution is -2.27. The van der Waals surface area contributed by atoms with Gasteiger partial charge in [0.05, 0.1) is 6.42 Å². The van der Waals surface area contributed by atoms with E-state index in [9.17, 15) is 4.79 Å². The highest BCUT2D eigenvalue weighted by molar-refractivity contribution is 9.10. The molecule has 0 saturated heterocycles. The predicted octanol–water partition coefficient (Wildman–Crippen LogP) is 2.22. The summed E-state index contributed by atoms with van der Waals surface area (Å²) in [6.45, 7) is 0.922. The number of hydrogen-bond donors (Lipinski definition) is 2. The molecule has 1 aromatic rings. The maximum absolute atomic E-state index is 11.6. The summed E-state index contributed by atoms with van der Waals surface area (Å²) in [7, 11) is 0. The van der Waals surface area contributed by atoms with Crippen LogP contribution >= 0.6 is 27.7 Å². The Morgan fingerprint density at radius 3 is 2.94 bits per heavy atom. The minimum absolute atomic E-state index is 0.0517. The summed E-state index contributed by atoms with van der Waals surface area (Å²) in [4.78, 5) is 11.6. The van der Waals surface area contributed by atoms with Crippen LogP contribution in [-0.4, -0.2) is 35.7 Å². The van der Waals surface area contributed by atoms with E-state index in [0.29, 0.717) is 13.0 Å². The summed E-state index contributed by atoms with van der Waals surface area (Å²) < 4.78 is 0.993. The van der Waals surface area contributed by atoms with Crippen LogP contribution in [0.15, 0.2) is 28.7 Å². The number of hydrogen-bond acceptors (Lipinski definition) is 3. The molecule has 0 spiro atoms. The van der Waals surface area contributed by atoms with Crippen LogP contribution in [0.2, 0.25) is 0 Å². The van der Waals surface area contributed by atoms with E-state index in [2.05, 4.69) is 21.2 Å². The second kappa shape index (κ2) is 9.42. The topological polar surface area (TPSA) is 49.3 Å². The zero-order chi connectivity index (χ0) is 13.2. The smallest absolute Gasteiger partial charge is 0.224 e. The summed E-state index contributed by atoms with van der Waals surface area (Å²) in [5.74, 6) is 1.89. The van der Waals surface area contributed by atoms with Crippen molar-refractivity contribution in [3.63, 3.8) is 0 Å². The van der Waals surface area contributed by atoms with Crippen LogP contribution in [0.5, 0.6) is 0 Å². The molecule has 0 aromatic heterocycles. The van der Waals surface area contributed by atoms with Gasteiger partial charge in [0.1, 0.15) is 0 Å². The van der Waals surface area contributed by atoms with E-state index in [1.54, 1.807) is 11.8 Å². The minimum atomic E-state index is 0.0517. The molecule has 0 aliphatic rings. The molecular weight excluding hydrogens is 314 g/mol. The fraction of sp³-hybridized carbons (Fsp3) is 0.462. The maximum Gasteiger partial charge on any atom is 0.224 e. The lowest BCUT2D eigenvalue weighted by molar-refractivity contribution is -0.120. The van der Waals surface area contributed by atoms with Crippen LogP contribution < -0.4 is 5.32 Å². The first-order valence-electron chi connectivity index (χ1n) is 5.92. The molecular formula is C13H18BrNO2S. The number of aliphatic hydroxyl groups excluding tert-OH is 1. The molecule has 2 N–H and O–H groups in total. The Bertz CT molecular complexity index is 374. The number of nitrogens with one attached hydrogen (secondary N) is 1. The molecule has 0 aliphatic heterocycles. The van der Waals surface area contributed by atoms with Crippen LogP contribution in [0.1, 0.15) is 12.0 Å². The van der Waals surface area contributed by atoms with E-state index >= 15 is 0 Å². The van der Waals surface area contributed by atoms with Gasteiger partial charge in [0.25, 0.3) is 0 Å². The Hall–Kier alpha value is -0.520. The molecule has 0 aliphatic carbocycles. The summed E-state index contributed by atoms with van der Waals surface area (Å²) in [6, 6.07) is 7.77. The standard InChI is InChI=1S/C13H18BrNO2S/c14-12-4-1-3-11(9-12)10-13(17)15-5-8-18-7-2-6-16/h1,3-4,9,16H,2,5-8,10H2,(H,15,17). The van der Waals surface area contributed by atoms with Gasteiger partial charge in [-0.05, 0) is 29.9 Å². The van der Waals surface area contributed by atoms with Crippen LogP contribution in [0, 0.1) is 0 Å². The van der Waals surface area contributed by atoms with Crippen molar-refractivity contribution in [3.05, 3.63) is 34.3 Å². The molecule has 0 saturated carbocycles. The molecule has 0 bridgehead atoms. The average molecular weight is 332 g/mol. The van der Waals surface area contributed by atoms with Crippen LogP contribution in [0.4, 0.5) is 0 Å². The van der Waals surface area contributed by atoms with Gasteiger partial charge in [0, 0.05) is 23.4 Å². The Kier molecular flexibility index (Phi) is 8.13.